The summed E-state index contributed by atoms with van der Waals surface area (Å²) < 4.78 is 39.6. The van der Waals surface area contributed by atoms with Crippen molar-refractivity contribution in [2.24, 2.45) is 0 Å². The highest BCUT2D eigenvalue weighted by atomic mass is 19.2. The van der Waals surface area contributed by atoms with Gasteiger partial charge in [0, 0.05) is 50.5 Å². The van der Waals surface area contributed by atoms with Crippen LogP contribution in [-0.4, -0.2) is 48.7 Å². The Morgan fingerprint density at radius 2 is 1.73 bits per heavy atom. The van der Waals surface area contributed by atoms with E-state index >= 15 is 0 Å². The maximum Gasteiger partial charge on any atom is 0.270 e. The van der Waals surface area contributed by atoms with E-state index < -0.39 is 11.6 Å². The van der Waals surface area contributed by atoms with Gasteiger partial charge in [-0.3, -0.25) is 4.79 Å². The molecular weight excluding hydrogens is 428 g/mol. The Morgan fingerprint density at radius 3 is 2.42 bits per heavy atom. The van der Waals surface area contributed by atoms with Gasteiger partial charge in [-0.1, -0.05) is 6.07 Å². The molecule has 5 rings (SSSR count). The van der Waals surface area contributed by atoms with Gasteiger partial charge in [0.2, 0.25) is 0 Å². The molecule has 1 aliphatic heterocycles. The molecule has 170 valence electrons. The fraction of sp³-hybridized carbons (Fsp3) is 0.240. The SMILES string of the molecule is COc1ccc(N2CCN(C(=O)c3cc4occc4n3Cc3ccc(F)c(F)c3)CC2)cc1. The summed E-state index contributed by atoms with van der Waals surface area (Å²) in [6.45, 7) is 2.79. The lowest BCUT2D eigenvalue weighted by molar-refractivity contribution is 0.0737. The predicted octanol–water partition coefficient (Wildman–Crippen LogP) is 4.53. The van der Waals surface area contributed by atoms with Gasteiger partial charge in [0.05, 0.1) is 18.9 Å². The Bertz CT molecular complexity index is 1290. The molecule has 6 nitrogen and oxygen atoms in total. The fourth-order valence-electron chi connectivity index (χ4n) is 4.27. The molecule has 8 heteroatoms. The van der Waals surface area contributed by atoms with E-state index in [1.807, 2.05) is 29.2 Å². The largest absolute Gasteiger partial charge is 0.497 e. The average Bonchev–Trinajstić information content (AvgIpc) is 3.44. The van der Waals surface area contributed by atoms with Crippen LogP contribution in [0.1, 0.15) is 16.1 Å². The van der Waals surface area contributed by atoms with Gasteiger partial charge in [-0.05, 0) is 42.0 Å². The van der Waals surface area contributed by atoms with Gasteiger partial charge in [0.15, 0.2) is 17.2 Å². The van der Waals surface area contributed by atoms with Crippen molar-refractivity contribution >= 4 is 22.7 Å². The quantitative estimate of drug-likeness (QED) is 0.447. The molecule has 2 aromatic heterocycles. The number of hydrogen-bond donors (Lipinski definition) is 0. The topological polar surface area (TPSA) is 50.9 Å². The van der Waals surface area contributed by atoms with Gasteiger partial charge < -0.3 is 23.5 Å². The molecule has 0 N–H and O–H groups in total. The molecule has 1 saturated heterocycles. The molecule has 0 spiro atoms. The molecule has 0 atom stereocenters. The van der Waals surface area contributed by atoms with Crippen molar-refractivity contribution < 1.29 is 22.7 Å². The summed E-state index contributed by atoms with van der Waals surface area (Å²) in [6.07, 6.45) is 1.55. The Balaban J connectivity index is 1.35. The fourth-order valence-corrected chi connectivity index (χ4v) is 4.27. The minimum atomic E-state index is -0.911. The van der Waals surface area contributed by atoms with Gasteiger partial charge >= 0.3 is 0 Å². The Labute approximate surface area is 189 Å². The van der Waals surface area contributed by atoms with Crippen LogP contribution in [0.2, 0.25) is 0 Å². The number of carbonyl (C=O) groups is 1. The number of hydrogen-bond acceptors (Lipinski definition) is 4. The maximum atomic E-state index is 13.7. The summed E-state index contributed by atoms with van der Waals surface area (Å²) in [4.78, 5) is 17.5. The van der Waals surface area contributed by atoms with E-state index in [1.54, 1.807) is 30.1 Å². The summed E-state index contributed by atoms with van der Waals surface area (Å²) in [5.74, 6) is -1.12. The number of methoxy groups -OCH3 is 1. The second kappa shape index (κ2) is 8.61. The minimum absolute atomic E-state index is 0.113. The smallest absolute Gasteiger partial charge is 0.270 e. The first-order valence-corrected chi connectivity index (χ1v) is 10.7. The van der Waals surface area contributed by atoms with Crippen molar-refractivity contribution in [1.82, 2.24) is 9.47 Å². The number of nitrogens with zero attached hydrogens (tertiary/aromatic N) is 3. The van der Waals surface area contributed by atoms with E-state index in [0.29, 0.717) is 43.0 Å². The van der Waals surface area contributed by atoms with Crippen LogP contribution in [0.25, 0.3) is 11.1 Å². The van der Waals surface area contributed by atoms with Crippen molar-refractivity contribution in [2.45, 2.75) is 6.54 Å². The van der Waals surface area contributed by atoms with Gasteiger partial charge in [-0.2, -0.15) is 0 Å². The second-order valence-corrected chi connectivity index (χ2v) is 8.01. The molecule has 1 fully saturated rings. The number of piperazine rings is 1. The third-order valence-electron chi connectivity index (χ3n) is 6.07. The summed E-state index contributed by atoms with van der Waals surface area (Å²) in [7, 11) is 1.64. The number of amides is 1. The number of anilines is 1. The number of aromatic nitrogens is 1. The zero-order valence-corrected chi connectivity index (χ0v) is 18.1. The van der Waals surface area contributed by atoms with Gasteiger partial charge in [0.1, 0.15) is 11.4 Å². The minimum Gasteiger partial charge on any atom is -0.497 e. The molecule has 4 aromatic rings. The van der Waals surface area contributed by atoms with Gasteiger partial charge in [0.25, 0.3) is 5.91 Å². The van der Waals surface area contributed by atoms with Crippen LogP contribution < -0.4 is 9.64 Å². The monoisotopic (exact) mass is 451 g/mol. The van der Waals surface area contributed by atoms with Crippen LogP contribution in [0.5, 0.6) is 5.75 Å². The van der Waals surface area contributed by atoms with Crippen LogP contribution in [0.4, 0.5) is 14.5 Å². The molecule has 33 heavy (non-hydrogen) atoms. The second-order valence-electron chi connectivity index (χ2n) is 8.01. The number of halogens is 2. The summed E-state index contributed by atoms with van der Waals surface area (Å²) >= 11 is 0. The van der Waals surface area contributed by atoms with E-state index in [2.05, 4.69) is 4.90 Å². The summed E-state index contributed by atoms with van der Waals surface area (Å²) in [5, 5.41) is 0. The molecule has 1 aliphatic rings. The normalized spacial score (nSPS) is 14.2. The van der Waals surface area contributed by atoms with Crippen molar-refractivity contribution in [3.05, 3.63) is 83.8 Å². The van der Waals surface area contributed by atoms with Crippen LogP contribution in [-0.2, 0) is 6.54 Å². The van der Waals surface area contributed by atoms with Crippen molar-refractivity contribution in [1.29, 1.82) is 0 Å². The molecule has 0 saturated carbocycles. The van der Waals surface area contributed by atoms with Crippen LogP contribution in [0.15, 0.2) is 65.3 Å². The molecule has 0 aliphatic carbocycles. The maximum absolute atomic E-state index is 13.7. The summed E-state index contributed by atoms with van der Waals surface area (Å²) in [6, 6.07) is 15.1. The van der Waals surface area contributed by atoms with Crippen molar-refractivity contribution in [2.75, 3.05) is 38.2 Å². The first-order valence-electron chi connectivity index (χ1n) is 10.7. The standard InChI is InChI=1S/C25H23F2N3O3/c1-32-19-5-3-18(4-6-19)28-9-11-29(12-10-28)25(31)23-15-24-22(8-13-33-24)30(23)16-17-2-7-20(26)21(27)14-17/h2-8,13-15H,9-12,16H2,1H3. The molecule has 1 amide bonds. The van der Waals surface area contributed by atoms with E-state index in [9.17, 15) is 13.6 Å². The lowest BCUT2D eigenvalue weighted by Crippen LogP contribution is -2.49. The summed E-state index contributed by atoms with van der Waals surface area (Å²) in [5.41, 5.74) is 3.43. The third kappa shape index (κ3) is 4.04. The van der Waals surface area contributed by atoms with E-state index in [-0.39, 0.29) is 12.5 Å². The molecular formula is C25H23F2N3O3. The Morgan fingerprint density at radius 1 is 0.970 bits per heavy atom. The third-order valence-corrected chi connectivity index (χ3v) is 6.07. The van der Waals surface area contributed by atoms with Crippen LogP contribution in [0.3, 0.4) is 0 Å². The zero-order valence-electron chi connectivity index (χ0n) is 18.1. The number of rotatable bonds is 5. The zero-order chi connectivity index (χ0) is 22.9. The molecule has 0 radical (unpaired) electrons. The van der Waals surface area contributed by atoms with Crippen LogP contribution in [0, 0.1) is 11.6 Å². The predicted molar refractivity (Wildman–Crippen MR) is 121 cm³/mol. The van der Waals surface area contributed by atoms with Crippen LogP contribution >= 0.6 is 0 Å². The van der Waals surface area contributed by atoms with E-state index in [1.165, 1.54) is 6.07 Å². The van der Waals surface area contributed by atoms with Gasteiger partial charge in [-0.25, -0.2) is 8.78 Å². The first-order chi connectivity index (χ1) is 16.0. The highest BCUT2D eigenvalue weighted by Gasteiger charge is 2.26. The highest BCUT2D eigenvalue weighted by Crippen LogP contribution is 2.26. The van der Waals surface area contributed by atoms with E-state index in [4.69, 9.17) is 9.15 Å². The lowest BCUT2D eigenvalue weighted by atomic mass is 10.2. The first kappa shape index (κ1) is 21.1. The van der Waals surface area contributed by atoms with Crippen molar-refractivity contribution in [3.63, 3.8) is 0 Å². The molecule has 2 aromatic carbocycles. The molecule has 3 heterocycles. The number of benzene rings is 2. The number of carbonyl (C=O) groups excluding carboxylic acids is 1. The van der Waals surface area contributed by atoms with Gasteiger partial charge in [-0.15, -0.1) is 0 Å². The molecule has 0 bridgehead atoms. The number of ether oxygens (including phenoxy) is 1. The van der Waals surface area contributed by atoms with Crippen molar-refractivity contribution in [3.8, 4) is 5.75 Å². The lowest BCUT2D eigenvalue weighted by Gasteiger charge is -2.36. The highest BCUT2D eigenvalue weighted by molar-refractivity contribution is 5.97. The average molecular weight is 451 g/mol. The number of furan rings is 1. The van der Waals surface area contributed by atoms with E-state index in [0.717, 1.165) is 29.1 Å². The molecule has 0 unspecified atom stereocenters. The Hall–Kier alpha value is -3.81. The Kier molecular flexibility index (Phi) is 5.50. The number of fused-ring (bicyclic) bond motifs is 1.